The van der Waals surface area contributed by atoms with E-state index in [4.69, 9.17) is 0 Å². The van der Waals surface area contributed by atoms with Gasteiger partial charge in [0.25, 0.3) is 0 Å². The van der Waals surface area contributed by atoms with Crippen molar-refractivity contribution in [3.63, 3.8) is 0 Å². The Labute approximate surface area is 83.6 Å². The summed E-state index contributed by atoms with van der Waals surface area (Å²) in [4.78, 5) is 0. The maximum atomic E-state index is 9.50. The Morgan fingerprint density at radius 3 is 2.85 bits per heavy atom. The molecular weight excluding hydrogens is 182 g/mol. The van der Waals surface area contributed by atoms with E-state index in [0.29, 0.717) is 12.5 Å². The summed E-state index contributed by atoms with van der Waals surface area (Å²) in [6, 6.07) is 2.10. The molecule has 13 heavy (non-hydrogen) atoms. The largest absolute Gasteiger partial charge is 0.392 e. The van der Waals surface area contributed by atoms with Gasteiger partial charge in [-0.2, -0.15) is 11.3 Å². The van der Waals surface area contributed by atoms with Gasteiger partial charge >= 0.3 is 0 Å². The zero-order valence-corrected chi connectivity index (χ0v) is 8.97. The quantitative estimate of drug-likeness (QED) is 0.758. The first-order chi connectivity index (χ1) is 6.20. The van der Waals surface area contributed by atoms with Crippen LogP contribution in [0.1, 0.15) is 19.4 Å². The summed E-state index contributed by atoms with van der Waals surface area (Å²) in [6.07, 6.45) is -0.237. The average molecular weight is 199 g/mol. The second kappa shape index (κ2) is 5.37. The molecule has 1 atom stereocenters. The number of aliphatic hydroxyl groups is 1. The minimum atomic E-state index is -0.237. The molecule has 1 aromatic heterocycles. The third-order valence-corrected chi connectivity index (χ3v) is 2.76. The molecule has 74 valence electrons. The molecule has 1 rings (SSSR count). The lowest BCUT2D eigenvalue weighted by atomic mass is 10.1. The smallest absolute Gasteiger partial charge is 0.0687 e. The van der Waals surface area contributed by atoms with Crippen molar-refractivity contribution in [3.8, 4) is 0 Å². The van der Waals surface area contributed by atoms with Crippen LogP contribution < -0.4 is 5.32 Å². The lowest BCUT2D eigenvalue weighted by Gasteiger charge is -2.14. The second-order valence-corrected chi connectivity index (χ2v) is 4.35. The van der Waals surface area contributed by atoms with Crippen LogP contribution in [0.15, 0.2) is 16.8 Å². The normalized spacial score (nSPS) is 13.5. The summed E-state index contributed by atoms with van der Waals surface area (Å²) >= 11 is 1.70. The minimum absolute atomic E-state index is 0.237. The van der Waals surface area contributed by atoms with Gasteiger partial charge in [0.05, 0.1) is 6.10 Å². The van der Waals surface area contributed by atoms with E-state index in [-0.39, 0.29) is 6.10 Å². The fourth-order valence-corrected chi connectivity index (χ4v) is 1.66. The Morgan fingerprint density at radius 1 is 1.54 bits per heavy atom. The van der Waals surface area contributed by atoms with E-state index in [1.165, 1.54) is 5.56 Å². The molecule has 2 nitrogen and oxygen atoms in total. The molecule has 0 aliphatic carbocycles. The summed E-state index contributed by atoms with van der Waals surface area (Å²) in [5, 5.41) is 16.9. The van der Waals surface area contributed by atoms with Crippen LogP contribution in [0.4, 0.5) is 0 Å². The van der Waals surface area contributed by atoms with Crippen molar-refractivity contribution < 1.29 is 5.11 Å². The predicted molar refractivity (Wildman–Crippen MR) is 56.9 cm³/mol. The molecule has 0 aliphatic heterocycles. The fraction of sp³-hybridized carbons (Fsp3) is 0.600. The van der Waals surface area contributed by atoms with Crippen molar-refractivity contribution in [2.24, 2.45) is 5.92 Å². The average Bonchev–Trinajstić information content (AvgIpc) is 2.56. The van der Waals surface area contributed by atoms with Crippen LogP contribution in [-0.4, -0.2) is 17.8 Å². The lowest BCUT2D eigenvalue weighted by molar-refractivity contribution is 0.123. The molecule has 0 fully saturated rings. The molecule has 0 saturated heterocycles. The van der Waals surface area contributed by atoms with Crippen molar-refractivity contribution in [2.75, 3.05) is 6.54 Å². The number of aliphatic hydroxyl groups excluding tert-OH is 1. The molecule has 3 heteroatoms. The number of rotatable bonds is 5. The van der Waals surface area contributed by atoms with Crippen molar-refractivity contribution in [1.82, 2.24) is 5.32 Å². The Hall–Kier alpha value is -0.380. The van der Waals surface area contributed by atoms with E-state index in [1.807, 2.05) is 13.8 Å². The van der Waals surface area contributed by atoms with Gasteiger partial charge in [0, 0.05) is 13.1 Å². The second-order valence-electron chi connectivity index (χ2n) is 3.57. The Balaban J connectivity index is 2.14. The molecule has 0 bridgehead atoms. The SMILES string of the molecule is CC(C)C(O)CNCc1ccsc1. The summed E-state index contributed by atoms with van der Waals surface area (Å²) < 4.78 is 0. The Morgan fingerprint density at radius 2 is 2.31 bits per heavy atom. The van der Waals surface area contributed by atoms with Gasteiger partial charge in [0.1, 0.15) is 0 Å². The molecule has 2 N–H and O–H groups in total. The monoisotopic (exact) mass is 199 g/mol. The minimum Gasteiger partial charge on any atom is -0.392 e. The van der Waals surface area contributed by atoms with Crippen LogP contribution in [0.5, 0.6) is 0 Å². The highest BCUT2D eigenvalue weighted by Crippen LogP contribution is 2.05. The third-order valence-electron chi connectivity index (χ3n) is 2.03. The van der Waals surface area contributed by atoms with E-state index >= 15 is 0 Å². The van der Waals surface area contributed by atoms with Gasteiger partial charge in [-0.05, 0) is 28.3 Å². The van der Waals surface area contributed by atoms with Crippen molar-refractivity contribution in [2.45, 2.75) is 26.5 Å². The van der Waals surface area contributed by atoms with E-state index in [9.17, 15) is 5.11 Å². The zero-order chi connectivity index (χ0) is 9.68. The molecule has 0 radical (unpaired) electrons. The molecule has 0 aliphatic rings. The Kier molecular flexibility index (Phi) is 4.42. The van der Waals surface area contributed by atoms with Crippen LogP contribution in [0.2, 0.25) is 0 Å². The summed E-state index contributed by atoms with van der Waals surface area (Å²) in [5.74, 6) is 0.329. The van der Waals surface area contributed by atoms with Gasteiger partial charge in [-0.1, -0.05) is 13.8 Å². The highest BCUT2D eigenvalue weighted by Gasteiger charge is 2.07. The van der Waals surface area contributed by atoms with Gasteiger partial charge in [-0.3, -0.25) is 0 Å². The number of hydrogen-bond acceptors (Lipinski definition) is 3. The third kappa shape index (κ3) is 3.89. The number of thiophene rings is 1. The standard InChI is InChI=1S/C10H17NOS/c1-8(2)10(12)6-11-5-9-3-4-13-7-9/h3-4,7-8,10-12H,5-6H2,1-2H3. The maximum Gasteiger partial charge on any atom is 0.0687 e. The topological polar surface area (TPSA) is 32.3 Å². The van der Waals surface area contributed by atoms with E-state index in [1.54, 1.807) is 11.3 Å². The summed E-state index contributed by atoms with van der Waals surface area (Å²) in [5.41, 5.74) is 1.29. The Bertz CT molecular complexity index is 221. The maximum absolute atomic E-state index is 9.50. The van der Waals surface area contributed by atoms with E-state index < -0.39 is 0 Å². The van der Waals surface area contributed by atoms with Crippen LogP contribution in [-0.2, 0) is 6.54 Å². The number of hydrogen-bond donors (Lipinski definition) is 2. The molecule has 0 amide bonds. The summed E-state index contributed by atoms with van der Waals surface area (Å²) in [7, 11) is 0. The molecule has 0 saturated carbocycles. The molecule has 1 aromatic rings. The van der Waals surface area contributed by atoms with Crippen LogP contribution >= 0.6 is 11.3 Å². The van der Waals surface area contributed by atoms with Crippen LogP contribution in [0.25, 0.3) is 0 Å². The van der Waals surface area contributed by atoms with Crippen molar-refractivity contribution in [3.05, 3.63) is 22.4 Å². The molecule has 1 unspecified atom stereocenters. The van der Waals surface area contributed by atoms with Crippen molar-refractivity contribution in [1.29, 1.82) is 0 Å². The van der Waals surface area contributed by atoms with Gasteiger partial charge in [0.2, 0.25) is 0 Å². The molecule has 0 aromatic carbocycles. The van der Waals surface area contributed by atoms with Crippen LogP contribution in [0.3, 0.4) is 0 Å². The molecule has 1 heterocycles. The first-order valence-electron chi connectivity index (χ1n) is 4.60. The first kappa shape index (κ1) is 10.7. The fourth-order valence-electron chi connectivity index (χ4n) is 0.993. The van der Waals surface area contributed by atoms with Gasteiger partial charge in [-0.15, -0.1) is 0 Å². The summed E-state index contributed by atoms with van der Waals surface area (Å²) in [6.45, 7) is 5.58. The predicted octanol–water partition coefficient (Wildman–Crippen LogP) is 1.85. The van der Waals surface area contributed by atoms with Gasteiger partial charge in [0.15, 0.2) is 0 Å². The van der Waals surface area contributed by atoms with Gasteiger partial charge < -0.3 is 10.4 Å². The molecule has 0 spiro atoms. The first-order valence-corrected chi connectivity index (χ1v) is 5.54. The van der Waals surface area contributed by atoms with E-state index in [0.717, 1.165) is 6.54 Å². The van der Waals surface area contributed by atoms with E-state index in [2.05, 4.69) is 22.1 Å². The zero-order valence-electron chi connectivity index (χ0n) is 8.16. The van der Waals surface area contributed by atoms with Crippen molar-refractivity contribution >= 4 is 11.3 Å². The highest BCUT2D eigenvalue weighted by atomic mass is 32.1. The molecular formula is C10H17NOS. The number of nitrogens with one attached hydrogen (secondary N) is 1. The lowest BCUT2D eigenvalue weighted by Crippen LogP contribution is -2.30. The van der Waals surface area contributed by atoms with Crippen LogP contribution in [0, 0.1) is 5.92 Å². The van der Waals surface area contributed by atoms with Gasteiger partial charge in [-0.25, -0.2) is 0 Å². The highest BCUT2D eigenvalue weighted by molar-refractivity contribution is 7.07.